The number of aromatic nitrogens is 2. The van der Waals surface area contributed by atoms with E-state index < -0.39 is 0 Å². The molecule has 0 unspecified atom stereocenters. The van der Waals surface area contributed by atoms with Gasteiger partial charge in [0.2, 0.25) is 0 Å². The molecular weight excluding hydrogens is 366 g/mol. The summed E-state index contributed by atoms with van der Waals surface area (Å²) in [5.41, 5.74) is 3.30. The highest BCUT2D eigenvalue weighted by Gasteiger charge is 2.20. The maximum atomic E-state index is 12.7. The number of methoxy groups -OCH3 is 1. The number of rotatable bonds is 6. The first kappa shape index (κ1) is 19.3. The van der Waals surface area contributed by atoms with Crippen LogP contribution >= 0.6 is 0 Å². The number of hydrogen-bond donors (Lipinski definition) is 1. The Morgan fingerprint density at radius 3 is 2.66 bits per heavy atom. The summed E-state index contributed by atoms with van der Waals surface area (Å²) >= 11 is 0. The van der Waals surface area contributed by atoms with Gasteiger partial charge >= 0.3 is 0 Å². The van der Waals surface area contributed by atoms with Gasteiger partial charge in [-0.25, -0.2) is 4.98 Å². The van der Waals surface area contributed by atoms with Crippen LogP contribution in [0, 0.1) is 6.92 Å². The maximum absolute atomic E-state index is 12.7. The number of para-hydroxylation sites is 2. The molecule has 2 aromatic heterocycles. The zero-order chi connectivity index (χ0) is 20.2. The van der Waals surface area contributed by atoms with Crippen molar-refractivity contribution < 1.29 is 9.53 Å². The van der Waals surface area contributed by atoms with Gasteiger partial charge in [-0.3, -0.25) is 14.1 Å². The monoisotopic (exact) mass is 393 g/mol. The first-order valence-corrected chi connectivity index (χ1v) is 9.99. The molecule has 1 amide bonds. The van der Waals surface area contributed by atoms with Crippen molar-refractivity contribution in [3.8, 4) is 5.75 Å². The summed E-state index contributed by atoms with van der Waals surface area (Å²) in [6, 6.07) is 13.9. The average molecular weight is 393 g/mol. The lowest BCUT2D eigenvalue weighted by Gasteiger charge is -2.36. The highest BCUT2D eigenvalue weighted by molar-refractivity contribution is 5.94. The number of aryl methyl sites for hydroxylation is 1. The number of pyridine rings is 1. The molecule has 1 aromatic carbocycles. The quantitative estimate of drug-likeness (QED) is 0.696. The Labute approximate surface area is 170 Å². The summed E-state index contributed by atoms with van der Waals surface area (Å²) in [4.78, 5) is 21.9. The molecule has 7 nitrogen and oxygen atoms in total. The third kappa shape index (κ3) is 4.05. The fraction of sp³-hybridized carbons (Fsp3) is 0.364. The van der Waals surface area contributed by atoms with Crippen molar-refractivity contribution in [2.45, 2.75) is 6.92 Å². The molecule has 1 aliphatic heterocycles. The zero-order valence-electron chi connectivity index (χ0n) is 17.0. The van der Waals surface area contributed by atoms with Crippen LogP contribution in [0.4, 0.5) is 5.69 Å². The van der Waals surface area contributed by atoms with Crippen LogP contribution in [0.25, 0.3) is 5.65 Å². The van der Waals surface area contributed by atoms with Crippen molar-refractivity contribution in [1.29, 1.82) is 0 Å². The largest absolute Gasteiger partial charge is 0.495 e. The second kappa shape index (κ2) is 8.53. The number of anilines is 1. The fourth-order valence-electron chi connectivity index (χ4n) is 3.90. The second-order valence-corrected chi connectivity index (χ2v) is 7.23. The predicted octanol–water partition coefficient (Wildman–Crippen LogP) is 2.20. The van der Waals surface area contributed by atoms with E-state index in [0.29, 0.717) is 12.2 Å². The number of imidazole rings is 1. The molecule has 0 radical (unpaired) electrons. The lowest BCUT2D eigenvalue weighted by molar-refractivity contribution is 0.0941. The normalized spacial score (nSPS) is 14.9. The van der Waals surface area contributed by atoms with Crippen LogP contribution in [0.15, 0.2) is 48.7 Å². The number of carbonyl (C=O) groups excluding carboxylic acids is 1. The summed E-state index contributed by atoms with van der Waals surface area (Å²) in [6.07, 6.45) is 1.88. The molecule has 1 fully saturated rings. The number of benzene rings is 1. The van der Waals surface area contributed by atoms with Gasteiger partial charge in [-0.15, -0.1) is 0 Å². The molecule has 0 aliphatic carbocycles. The van der Waals surface area contributed by atoms with Gasteiger partial charge in [0.05, 0.1) is 18.5 Å². The Morgan fingerprint density at radius 1 is 1.10 bits per heavy atom. The van der Waals surface area contributed by atoms with Crippen LogP contribution in [0.3, 0.4) is 0 Å². The lowest BCUT2D eigenvalue weighted by atomic mass is 10.2. The number of carbonyl (C=O) groups is 1. The van der Waals surface area contributed by atoms with Crippen molar-refractivity contribution in [2.24, 2.45) is 0 Å². The fourth-order valence-corrected chi connectivity index (χ4v) is 3.90. The third-order valence-electron chi connectivity index (χ3n) is 5.43. The molecule has 0 saturated carbocycles. The molecule has 152 valence electrons. The van der Waals surface area contributed by atoms with Gasteiger partial charge < -0.3 is 15.0 Å². The Hall–Kier alpha value is -3.06. The van der Waals surface area contributed by atoms with Crippen molar-refractivity contribution >= 4 is 17.2 Å². The van der Waals surface area contributed by atoms with Gasteiger partial charge in [0.15, 0.2) is 0 Å². The van der Waals surface area contributed by atoms with Crippen LogP contribution in [0.5, 0.6) is 5.75 Å². The molecule has 1 N–H and O–H groups in total. The van der Waals surface area contributed by atoms with Crippen molar-refractivity contribution in [2.75, 3.05) is 51.3 Å². The van der Waals surface area contributed by atoms with Crippen LogP contribution < -0.4 is 15.0 Å². The van der Waals surface area contributed by atoms with Gasteiger partial charge in [0.1, 0.15) is 17.1 Å². The number of fused-ring (bicyclic) bond motifs is 1. The Balaban J connectivity index is 1.29. The van der Waals surface area contributed by atoms with E-state index in [0.717, 1.165) is 55.5 Å². The van der Waals surface area contributed by atoms with Crippen molar-refractivity contribution in [3.63, 3.8) is 0 Å². The predicted molar refractivity (Wildman–Crippen MR) is 114 cm³/mol. The SMILES string of the molecule is COc1ccccc1N1CCN(CCNC(=O)c2c(C)nc3ccccn23)CC1. The summed E-state index contributed by atoms with van der Waals surface area (Å²) in [5, 5.41) is 3.05. The van der Waals surface area contributed by atoms with E-state index in [1.807, 2.05) is 53.9 Å². The first-order valence-electron chi connectivity index (χ1n) is 9.99. The standard InChI is InChI=1S/C22H27N5O2/c1-17-21(27-11-6-5-9-20(27)24-17)22(28)23-10-12-25-13-15-26(16-14-25)18-7-3-4-8-19(18)29-2/h3-9,11H,10,12-16H2,1-2H3,(H,23,28). The first-order chi connectivity index (χ1) is 14.2. The van der Waals surface area contributed by atoms with E-state index in [9.17, 15) is 4.79 Å². The minimum absolute atomic E-state index is 0.0751. The topological polar surface area (TPSA) is 62.1 Å². The Kier molecular flexibility index (Phi) is 5.67. The molecule has 0 bridgehead atoms. The molecule has 29 heavy (non-hydrogen) atoms. The molecule has 3 aromatic rings. The minimum Gasteiger partial charge on any atom is -0.495 e. The molecule has 4 rings (SSSR count). The van der Waals surface area contributed by atoms with Crippen LogP contribution in [-0.2, 0) is 0 Å². The molecule has 3 heterocycles. The zero-order valence-corrected chi connectivity index (χ0v) is 17.0. The van der Waals surface area contributed by atoms with Gasteiger partial charge in [-0.1, -0.05) is 18.2 Å². The molecule has 0 spiro atoms. The van der Waals surface area contributed by atoms with Gasteiger partial charge in [-0.05, 0) is 31.2 Å². The molecular formula is C22H27N5O2. The molecule has 7 heteroatoms. The van der Waals surface area contributed by atoms with E-state index in [2.05, 4.69) is 26.2 Å². The smallest absolute Gasteiger partial charge is 0.270 e. The van der Waals surface area contributed by atoms with E-state index in [1.165, 1.54) is 0 Å². The number of nitrogens with one attached hydrogen (secondary N) is 1. The maximum Gasteiger partial charge on any atom is 0.270 e. The number of hydrogen-bond acceptors (Lipinski definition) is 5. The average Bonchev–Trinajstić information content (AvgIpc) is 3.10. The van der Waals surface area contributed by atoms with E-state index in [1.54, 1.807) is 7.11 Å². The van der Waals surface area contributed by atoms with Crippen molar-refractivity contribution in [3.05, 3.63) is 60.0 Å². The number of ether oxygens (including phenoxy) is 1. The number of nitrogens with zero attached hydrogens (tertiary/aromatic N) is 4. The van der Waals surface area contributed by atoms with Crippen LogP contribution in [-0.4, -0.2) is 66.6 Å². The lowest BCUT2D eigenvalue weighted by Crippen LogP contribution is -2.48. The van der Waals surface area contributed by atoms with E-state index >= 15 is 0 Å². The highest BCUT2D eigenvalue weighted by Crippen LogP contribution is 2.28. The van der Waals surface area contributed by atoms with Gasteiger partial charge in [0, 0.05) is 45.5 Å². The van der Waals surface area contributed by atoms with Crippen LogP contribution in [0.2, 0.25) is 0 Å². The van der Waals surface area contributed by atoms with Gasteiger partial charge in [-0.2, -0.15) is 0 Å². The molecule has 1 aliphatic rings. The number of amides is 1. The highest BCUT2D eigenvalue weighted by atomic mass is 16.5. The molecule has 1 saturated heterocycles. The Bertz CT molecular complexity index is 992. The minimum atomic E-state index is -0.0751. The van der Waals surface area contributed by atoms with Gasteiger partial charge in [0.25, 0.3) is 5.91 Å². The summed E-state index contributed by atoms with van der Waals surface area (Å²) in [6.45, 7) is 7.14. The van der Waals surface area contributed by atoms with E-state index in [-0.39, 0.29) is 5.91 Å². The third-order valence-corrected chi connectivity index (χ3v) is 5.43. The van der Waals surface area contributed by atoms with Crippen molar-refractivity contribution in [1.82, 2.24) is 19.6 Å². The molecule has 0 atom stereocenters. The Morgan fingerprint density at radius 2 is 1.86 bits per heavy atom. The van der Waals surface area contributed by atoms with E-state index in [4.69, 9.17) is 4.74 Å². The summed E-state index contributed by atoms with van der Waals surface area (Å²) < 4.78 is 7.33. The van der Waals surface area contributed by atoms with Crippen LogP contribution in [0.1, 0.15) is 16.2 Å². The summed E-state index contributed by atoms with van der Waals surface area (Å²) in [5.74, 6) is 0.838. The number of piperazine rings is 1. The summed E-state index contributed by atoms with van der Waals surface area (Å²) in [7, 11) is 1.71. The second-order valence-electron chi connectivity index (χ2n) is 7.23.